The van der Waals surface area contributed by atoms with Gasteiger partial charge in [-0.1, -0.05) is 32.0 Å². The molecular formula is C16H17N2O4S-. The number of aliphatic carboxylic acids is 1. The van der Waals surface area contributed by atoms with Crippen molar-refractivity contribution in [3.8, 4) is 0 Å². The lowest BCUT2D eigenvalue weighted by Crippen LogP contribution is -2.55. The van der Waals surface area contributed by atoms with Crippen LogP contribution in [0.5, 0.6) is 0 Å². The van der Waals surface area contributed by atoms with E-state index in [1.165, 1.54) is 11.8 Å². The minimum Gasteiger partial charge on any atom is -0.548 e. The van der Waals surface area contributed by atoms with Gasteiger partial charge in [0, 0.05) is 11.3 Å². The van der Waals surface area contributed by atoms with Gasteiger partial charge in [-0.05, 0) is 17.5 Å². The lowest BCUT2D eigenvalue weighted by molar-refractivity contribution is -0.309. The van der Waals surface area contributed by atoms with E-state index in [0.717, 1.165) is 5.56 Å². The van der Waals surface area contributed by atoms with Gasteiger partial charge in [0.05, 0.1) is 12.0 Å². The molecule has 1 saturated heterocycles. The Kier molecular flexibility index (Phi) is 4.06. The molecule has 1 aromatic rings. The predicted molar refractivity (Wildman–Crippen MR) is 83.4 cm³/mol. The Hall–Kier alpha value is -2.02. The summed E-state index contributed by atoms with van der Waals surface area (Å²) >= 11 is 1.52. The molecule has 1 N–H and O–H groups in total. The molecule has 0 spiro atoms. The summed E-state index contributed by atoms with van der Waals surface area (Å²) in [5, 5.41) is 13.5. The minimum absolute atomic E-state index is 0.171. The normalized spacial score (nSPS) is 23.6. The van der Waals surface area contributed by atoms with Gasteiger partial charge in [0.25, 0.3) is 5.91 Å². The van der Waals surface area contributed by atoms with E-state index in [9.17, 15) is 19.5 Å². The van der Waals surface area contributed by atoms with E-state index in [0.29, 0.717) is 11.3 Å². The zero-order valence-electron chi connectivity index (χ0n) is 12.8. The van der Waals surface area contributed by atoms with Crippen molar-refractivity contribution in [2.45, 2.75) is 31.3 Å². The Labute approximate surface area is 138 Å². The standard InChI is InChI=1S/C16H18N2O4S/c1-8(2)12(16(21)22)17-13(19)11-7-23-15-10-6-4-3-5-9(10)14(20)18(11)15/h3-6,8,11-12,15H,7H2,1-2H3,(H,17,19)(H,21,22)/p-1/t11-,12-,15+/m0/s1. The summed E-state index contributed by atoms with van der Waals surface area (Å²) < 4.78 is 0. The average Bonchev–Trinajstić information content (AvgIpc) is 3.05. The quantitative estimate of drug-likeness (QED) is 0.847. The predicted octanol–water partition coefficient (Wildman–Crippen LogP) is 0.147. The summed E-state index contributed by atoms with van der Waals surface area (Å²) in [5.41, 5.74) is 1.53. The largest absolute Gasteiger partial charge is 0.548 e. The number of benzene rings is 1. The van der Waals surface area contributed by atoms with E-state index in [1.807, 2.05) is 12.1 Å². The third-order valence-electron chi connectivity index (χ3n) is 4.21. The zero-order valence-corrected chi connectivity index (χ0v) is 13.6. The fourth-order valence-electron chi connectivity index (χ4n) is 2.99. The van der Waals surface area contributed by atoms with E-state index >= 15 is 0 Å². The van der Waals surface area contributed by atoms with Crippen molar-refractivity contribution in [2.75, 3.05) is 5.75 Å². The van der Waals surface area contributed by atoms with Crippen molar-refractivity contribution in [1.82, 2.24) is 10.2 Å². The third-order valence-corrected chi connectivity index (χ3v) is 5.52. The zero-order chi connectivity index (χ0) is 16.7. The van der Waals surface area contributed by atoms with Crippen molar-refractivity contribution in [3.05, 3.63) is 35.4 Å². The second-order valence-electron chi connectivity index (χ2n) is 6.05. The molecule has 0 radical (unpaired) electrons. The van der Waals surface area contributed by atoms with Crippen LogP contribution < -0.4 is 10.4 Å². The average molecular weight is 333 g/mol. The molecule has 1 fully saturated rings. The number of carboxylic acid groups (broad SMARTS) is 1. The molecule has 122 valence electrons. The number of carboxylic acids is 1. The monoisotopic (exact) mass is 333 g/mol. The summed E-state index contributed by atoms with van der Waals surface area (Å²) in [6.45, 7) is 3.40. The van der Waals surface area contributed by atoms with E-state index in [2.05, 4.69) is 5.32 Å². The van der Waals surface area contributed by atoms with Gasteiger partial charge >= 0.3 is 0 Å². The number of amides is 2. The molecule has 0 aromatic heterocycles. The fourth-order valence-corrected chi connectivity index (χ4v) is 4.45. The van der Waals surface area contributed by atoms with Crippen LogP contribution in [0.2, 0.25) is 0 Å². The highest BCUT2D eigenvalue weighted by atomic mass is 32.2. The van der Waals surface area contributed by atoms with Crippen LogP contribution in [-0.4, -0.2) is 40.5 Å². The maximum absolute atomic E-state index is 12.6. The number of rotatable bonds is 4. The number of nitrogens with zero attached hydrogens (tertiary/aromatic N) is 1. The van der Waals surface area contributed by atoms with E-state index < -0.39 is 24.0 Å². The van der Waals surface area contributed by atoms with Crippen LogP contribution in [0.4, 0.5) is 0 Å². The third kappa shape index (κ3) is 2.59. The maximum Gasteiger partial charge on any atom is 0.256 e. The Balaban J connectivity index is 1.80. The SMILES string of the molecule is CC(C)[C@H](NC(=O)[C@@H]1CS[C@@H]2c3ccccc3C(=O)N21)C(=O)[O-]. The Morgan fingerprint density at radius 3 is 2.70 bits per heavy atom. The van der Waals surface area contributed by atoms with Crippen LogP contribution in [0.15, 0.2) is 24.3 Å². The molecule has 3 rings (SSSR count). The minimum atomic E-state index is -1.31. The van der Waals surface area contributed by atoms with Gasteiger partial charge in [0.2, 0.25) is 5.91 Å². The van der Waals surface area contributed by atoms with E-state index in [4.69, 9.17) is 0 Å². The maximum atomic E-state index is 12.6. The molecule has 0 saturated carbocycles. The highest BCUT2D eigenvalue weighted by Crippen LogP contribution is 2.48. The lowest BCUT2D eigenvalue weighted by atomic mass is 10.0. The molecule has 0 bridgehead atoms. The van der Waals surface area contributed by atoms with Gasteiger partial charge in [0.1, 0.15) is 11.4 Å². The van der Waals surface area contributed by atoms with Gasteiger partial charge in [0.15, 0.2) is 0 Å². The first-order valence-electron chi connectivity index (χ1n) is 7.46. The Morgan fingerprint density at radius 1 is 1.35 bits per heavy atom. The number of nitrogens with one attached hydrogen (secondary N) is 1. The molecule has 7 heteroatoms. The van der Waals surface area contributed by atoms with Crippen molar-refractivity contribution < 1.29 is 19.5 Å². The number of carbonyl (C=O) groups excluding carboxylic acids is 3. The van der Waals surface area contributed by atoms with Crippen LogP contribution >= 0.6 is 11.8 Å². The highest BCUT2D eigenvalue weighted by molar-refractivity contribution is 7.99. The Morgan fingerprint density at radius 2 is 2.04 bits per heavy atom. The molecule has 1 aromatic carbocycles. The van der Waals surface area contributed by atoms with Crippen molar-refractivity contribution >= 4 is 29.5 Å². The summed E-state index contributed by atoms with van der Waals surface area (Å²) in [6, 6.07) is 5.59. The molecule has 2 aliphatic rings. The number of hydrogen-bond donors (Lipinski definition) is 1. The first-order chi connectivity index (χ1) is 10.9. The van der Waals surface area contributed by atoms with Crippen molar-refractivity contribution in [2.24, 2.45) is 5.92 Å². The molecule has 23 heavy (non-hydrogen) atoms. The Bertz CT molecular complexity index is 676. The molecule has 3 atom stereocenters. The van der Waals surface area contributed by atoms with Crippen molar-refractivity contribution in [3.63, 3.8) is 0 Å². The van der Waals surface area contributed by atoms with Gasteiger partial charge in [-0.25, -0.2) is 0 Å². The molecule has 2 amide bonds. The molecular weight excluding hydrogens is 316 g/mol. The van der Waals surface area contributed by atoms with Crippen LogP contribution in [0.1, 0.15) is 35.1 Å². The van der Waals surface area contributed by atoms with Crippen LogP contribution in [0.25, 0.3) is 0 Å². The second-order valence-corrected chi connectivity index (χ2v) is 7.16. The number of fused-ring (bicyclic) bond motifs is 3. The number of carbonyl (C=O) groups is 3. The second kappa shape index (κ2) is 5.88. The molecule has 6 nitrogen and oxygen atoms in total. The van der Waals surface area contributed by atoms with Gasteiger partial charge in [-0.3, -0.25) is 9.59 Å². The van der Waals surface area contributed by atoms with E-state index in [-0.39, 0.29) is 17.2 Å². The van der Waals surface area contributed by atoms with Crippen LogP contribution in [-0.2, 0) is 9.59 Å². The van der Waals surface area contributed by atoms with Gasteiger partial charge in [-0.15, -0.1) is 11.8 Å². The summed E-state index contributed by atoms with van der Waals surface area (Å²) in [6.07, 6.45) is 0. The highest BCUT2D eigenvalue weighted by Gasteiger charge is 2.48. The topological polar surface area (TPSA) is 89.5 Å². The van der Waals surface area contributed by atoms with Gasteiger partial charge in [-0.2, -0.15) is 0 Å². The van der Waals surface area contributed by atoms with Crippen LogP contribution in [0, 0.1) is 5.92 Å². The molecule has 0 aliphatic carbocycles. The molecule has 2 heterocycles. The van der Waals surface area contributed by atoms with Crippen molar-refractivity contribution in [1.29, 1.82) is 0 Å². The fraction of sp³-hybridized carbons (Fsp3) is 0.438. The lowest BCUT2D eigenvalue weighted by Gasteiger charge is -2.28. The number of thioether (sulfide) groups is 1. The smallest absolute Gasteiger partial charge is 0.256 e. The van der Waals surface area contributed by atoms with Crippen LogP contribution in [0.3, 0.4) is 0 Å². The molecule has 0 unspecified atom stereocenters. The molecule has 2 aliphatic heterocycles. The van der Waals surface area contributed by atoms with E-state index in [1.54, 1.807) is 30.9 Å². The first-order valence-corrected chi connectivity index (χ1v) is 8.51. The summed E-state index contributed by atoms with van der Waals surface area (Å²) in [7, 11) is 0. The number of hydrogen-bond acceptors (Lipinski definition) is 5. The first kappa shape index (κ1) is 15.9. The summed E-state index contributed by atoms with van der Waals surface area (Å²) in [5.74, 6) is -1.77. The summed E-state index contributed by atoms with van der Waals surface area (Å²) in [4.78, 5) is 37.7. The van der Waals surface area contributed by atoms with Gasteiger partial charge < -0.3 is 20.1 Å².